The van der Waals surface area contributed by atoms with E-state index in [0.29, 0.717) is 0 Å². The lowest BCUT2D eigenvalue weighted by molar-refractivity contribution is 0.832. The van der Waals surface area contributed by atoms with Crippen LogP contribution in [0.15, 0.2) is 84.1 Å². The predicted octanol–water partition coefficient (Wildman–Crippen LogP) is 4.55. The summed E-state index contributed by atoms with van der Waals surface area (Å²) in [5.74, 6) is 0.732. The van der Waals surface area contributed by atoms with E-state index in [1.54, 1.807) is 12.4 Å². The highest BCUT2D eigenvalue weighted by Crippen LogP contribution is 2.17. The number of benzene rings is 2. The maximum Gasteiger partial charge on any atom is 0.146 e. The minimum absolute atomic E-state index is 0.732. The normalized spacial score (nSPS) is 10.8. The van der Waals surface area contributed by atoms with Crippen molar-refractivity contribution in [2.45, 2.75) is 13.5 Å². The van der Waals surface area contributed by atoms with Crippen LogP contribution in [0.3, 0.4) is 0 Å². The van der Waals surface area contributed by atoms with Crippen LogP contribution >= 0.6 is 0 Å². The van der Waals surface area contributed by atoms with Crippen LogP contribution in [0.2, 0.25) is 0 Å². The fourth-order valence-corrected chi connectivity index (χ4v) is 2.56. The highest BCUT2D eigenvalue weighted by molar-refractivity contribution is 5.80. The van der Waals surface area contributed by atoms with Crippen molar-refractivity contribution in [2.24, 2.45) is 5.10 Å². The molecule has 0 bridgehead atoms. The van der Waals surface area contributed by atoms with Gasteiger partial charge in [0.25, 0.3) is 0 Å². The van der Waals surface area contributed by atoms with Gasteiger partial charge in [0.2, 0.25) is 0 Å². The highest BCUT2D eigenvalue weighted by atomic mass is 15.3. The summed E-state index contributed by atoms with van der Waals surface area (Å²) in [6, 6.07) is 24.6. The van der Waals surface area contributed by atoms with E-state index in [2.05, 4.69) is 75.9 Å². The summed E-state index contributed by atoms with van der Waals surface area (Å²) in [5, 5.41) is 4.22. The van der Waals surface area contributed by atoms with Gasteiger partial charge in [-0.05, 0) is 42.3 Å². The Morgan fingerprint density at radius 3 is 2.40 bits per heavy atom. The summed E-state index contributed by atoms with van der Waals surface area (Å²) >= 11 is 0. The van der Waals surface area contributed by atoms with Gasteiger partial charge >= 0.3 is 0 Å². The van der Waals surface area contributed by atoms with Crippen molar-refractivity contribution in [3.05, 3.63) is 90.1 Å². The van der Waals surface area contributed by atoms with Gasteiger partial charge < -0.3 is 4.90 Å². The van der Waals surface area contributed by atoms with E-state index < -0.39 is 0 Å². The lowest BCUT2D eigenvalue weighted by Gasteiger charge is -2.23. The molecule has 0 aliphatic heterocycles. The molecule has 0 aliphatic rings. The van der Waals surface area contributed by atoms with Crippen LogP contribution in [0, 0.1) is 0 Å². The largest absolute Gasteiger partial charge is 0.367 e. The summed E-state index contributed by atoms with van der Waals surface area (Å²) in [4.78, 5) is 6.52. The lowest BCUT2D eigenvalue weighted by atomic mass is 10.1. The molecule has 25 heavy (non-hydrogen) atoms. The van der Waals surface area contributed by atoms with Crippen LogP contribution in [0.4, 0.5) is 11.5 Å². The second kappa shape index (κ2) is 8.64. The zero-order chi connectivity index (χ0) is 17.3. The van der Waals surface area contributed by atoms with E-state index >= 15 is 0 Å². The Morgan fingerprint density at radius 2 is 1.72 bits per heavy atom. The molecule has 2 aromatic carbocycles. The van der Waals surface area contributed by atoms with Crippen molar-refractivity contribution in [1.29, 1.82) is 0 Å². The number of rotatable bonds is 7. The second-order valence-corrected chi connectivity index (χ2v) is 5.68. The molecule has 3 rings (SSSR count). The van der Waals surface area contributed by atoms with Crippen molar-refractivity contribution >= 4 is 17.7 Å². The molecule has 0 unspecified atom stereocenters. The number of hydrazone groups is 1. The van der Waals surface area contributed by atoms with Crippen molar-refractivity contribution in [1.82, 2.24) is 4.98 Å². The minimum atomic E-state index is 0.732. The minimum Gasteiger partial charge on any atom is -0.367 e. The molecule has 0 aliphatic carbocycles. The first-order valence-electron chi connectivity index (χ1n) is 8.44. The monoisotopic (exact) mass is 330 g/mol. The number of pyridine rings is 1. The molecule has 0 atom stereocenters. The Labute approximate surface area is 148 Å². The number of nitrogens with one attached hydrogen (secondary N) is 1. The SMILES string of the molecule is CCN(Cc1ccccc1)c1ccc(C=NNc2ccccn2)cc1. The van der Waals surface area contributed by atoms with Crippen molar-refractivity contribution in [2.75, 3.05) is 16.9 Å². The van der Waals surface area contributed by atoms with E-state index in [9.17, 15) is 0 Å². The average molecular weight is 330 g/mol. The van der Waals surface area contributed by atoms with Gasteiger partial charge in [-0.3, -0.25) is 5.43 Å². The van der Waals surface area contributed by atoms with E-state index in [-0.39, 0.29) is 0 Å². The maximum absolute atomic E-state index is 4.22. The molecule has 0 spiro atoms. The molecular formula is C21H22N4. The number of aromatic nitrogens is 1. The molecule has 0 radical (unpaired) electrons. The molecule has 0 amide bonds. The molecule has 0 saturated carbocycles. The van der Waals surface area contributed by atoms with Gasteiger partial charge in [0.1, 0.15) is 5.82 Å². The zero-order valence-corrected chi connectivity index (χ0v) is 14.3. The number of hydrogen-bond donors (Lipinski definition) is 1. The number of nitrogens with zero attached hydrogens (tertiary/aromatic N) is 3. The summed E-state index contributed by atoms with van der Waals surface area (Å²) in [6.45, 7) is 4.05. The fraction of sp³-hybridized carbons (Fsp3) is 0.143. The van der Waals surface area contributed by atoms with Gasteiger partial charge in [-0.25, -0.2) is 4.98 Å². The summed E-state index contributed by atoms with van der Waals surface area (Å²) < 4.78 is 0. The van der Waals surface area contributed by atoms with Crippen LogP contribution in [0.1, 0.15) is 18.1 Å². The molecule has 4 heteroatoms. The Bertz CT molecular complexity index is 783. The maximum atomic E-state index is 4.22. The van der Waals surface area contributed by atoms with Gasteiger partial charge in [0, 0.05) is 25.0 Å². The standard InChI is InChI=1S/C21H22N4/c1-2-25(17-19-8-4-3-5-9-19)20-13-11-18(12-14-20)16-23-24-21-10-6-7-15-22-21/h3-16H,2,17H2,1H3,(H,22,24). The quantitative estimate of drug-likeness (QED) is 0.510. The van der Waals surface area contributed by atoms with Crippen molar-refractivity contribution in [3.63, 3.8) is 0 Å². The fourth-order valence-electron chi connectivity index (χ4n) is 2.56. The third-order valence-corrected chi connectivity index (χ3v) is 3.91. The van der Waals surface area contributed by atoms with Gasteiger partial charge in [-0.2, -0.15) is 5.10 Å². The van der Waals surface area contributed by atoms with Gasteiger partial charge in [0.15, 0.2) is 0 Å². The molecule has 3 aromatic rings. The third kappa shape index (κ3) is 4.91. The van der Waals surface area contributed by atoms with Crippen LogP contribution in [0.25, 0.3) is 0 Å². The van der Waals surface area contributed by atoms with E-state index in [1.165, 1.54) is 11.3 Å². The zero-order valence-electron chi connectivity index (χ0n) is 14.3. The summed E-state index contributed by atoms with van der Waals surface area (Å²) in [5.41, 5.74) is 6.49. The Morgan fingerprint density at radius 1 is 0.960 bits per heavy atom. The average Bonchev–Trinajstić information content (AvgIpc) is 2.68. The van der Waals surface area contributed by atoms with E-state index in [1.807, 2.05) is 24.3 Å². The smallest absolute Gasteiger partial charge is 0.146 e. The highest BCUT2D eigenvalue weighted by Gasteiger charge is 2.04. The first-order chi connectivity index (χ1) is 12.3. The summed E-state index contributed by atoms with van der Waals surface area (Å²) in [6.07, 6.45) is 3.53. The Kier molecular flexibility index (Phi) is 5.77. The van der Waals surface area contributed by atoms with Gasteiger partial charge in [-0.1, -0.05) is 48.5 Å². The van der Waals surface area contributed by atoms with Crippen LogP contribution in [-0.2, 0) is 6.54 Å². The number of hydrogen-bond acceptors (Lipinski definition) is 4. The molecule has 0 fully saturated rings. The second-order valence-electron chi connectivity index (χ2n) is 5.68. The Balaban J connectivity index is 1.62. The molecule has 1 heterocycles. The molecule has 1 N–H and O–H groups in total. The molecule has 4 nitrogen and oxygen atoms in total. The number of anilines is 2. The molecular weight excluding hydrogens is 308 g/mol. The van der Waals surface area contributed by atoms with Crippen LogP contribution in [0.5, 0.6) is 0 Å². The molecule has 126 valence electrons. The first kappa shape index (κ1) is 16.7. The van der Waals surface area contributed by atoms with Crippen LogP contribution in [-0.4, -0.2) is 17.7 Å². The molecule has 1 aromatic heterocycles. The van der Waals surface area contributed by atoms with Crippen LogP contribution < -0.4 is 10.3 Å². The van der Waals surface area contributed by atoms with Gasteiger partial charge in [-0.15, -0.1) is 0 Å². The van der Waals surface area contributed by atoms with Crippen molar-refractivity contribution < 1.29 is 0 Å². The van der Waals surface area contributed by atoms with E-state index in [0.717, 1.165) is 24.5 Å². The topological polar surface area (TPSA) is 40.5 Å². The summed E-state index contributed by atoms with van der Waals surface area (Å²) in [7, 11) is 0. The first-order valence-corrected chi connectivity index (χ1v) is 8.44. The van der Waals surface area contributed by atoms with Gasteiger partial charge in [0.05, 0.1) is 6.21 Å². The Hall–Kier alpha value is -3.14. The van der Waals surface area contributed by atoms with Crippen molar-refractivity contribution in [3.8, 4) is 0 Å². The predicted molar refractivity (Wildman–Crippen MR) is 105 cm³/mol. The third-order valence-electron chi connectivity index (χ3n) is 3.91. The van der Waals surface area contributed by atoms with E-state index in [4.69, 9.17) is 0 Å². The molecule has 0 saturated heterocycles. The lowest BCUT2D eigenvalue weighted by Crippen LogP contribution is -2.21.